The van der Waals surface area contributed by atoms with Crippen molar-refractivity contribution >= 4 is 41.4 Å². The number of aryl methyl sites for hydroxylation is 1. The van der Waals surface area contributed by atoms with Crippen molar-refractivity contribution in [1.82, 2.24) is 31.1 Å². The van der Waals surface area contributed by atoms with Crippen LogP contribution >= 0.6 is 0 Å². The number of fused-ring (bicyclic) bond motifs is 2. The summed E-state index contributed by atoms with van der Waals surface area (Å²) in [6.45, 7) is 0.505. The summed E-state index contributed by atoms with van der Waals surface area (Å²) in [5, 5.41) is 30.1. The fraction of sp³-hybridized carbons (Fsp3) is 0.444. The molecule has 2 aliphatic heterocycles. The molecule has 0 saturated carbocycles. The minimum absolute atomic E-state index is 0.0635. The van der Waals surface area contributed by atoms with Crippen molar-refractivity contribution in [1.29, 1.82) is 0 Å². The van der Waals surface area contributed by atoms with E-state index in [9.17, 15) is 43.8 Å². The smallest absolute Gasteiger partial charge is 0.326 e. The van der Waals surface area contributed by atoms with Crippen LogP contribution in [0.3, 0.4) is 0 Å². The first kappa shape index (κ1) is 47.5. The van der Waals surface area contributed by atoms with Crippen molar-refractivity contribution in [3.63, 3.8) is 0 Å². The lowest BCUT2D eigenvalue weighted by Crippen LogP contribution is -2.54. The number of nitrogens with two attached hydrogens (primary N) is 1. The number of benzene rings is 3. The summed E-state index contributed by atoms with van der Waals surface area (Å²) in [4.78, 5) is 107. The highest BCUT2D eigenvalue weighted by Gasteiger charge is 2.36. The van der Waals surface area contributed by atoms with Gasteiger partial charge < -0.3 is 47.0 Å². The number of hydrogen-bond donors (Lipinski definition) is 7. The Morgan fingerprint density at radius 3 is 2.27 bits per heavy atom. The maximum Gasteiger partial charge on any atom is 0.326 e. The third kappa shape index (κ3) is 12.3. The number of carboxylic acid groups (broad SMARTS) is 1. The second kappa shape index (κ2) is 22.5. The van der Waals surface area contributed by atoms with Crippen LogP contribution in [0.1, 0.15) is 85.0 Å². The molecule has 0 spiro atoms. The van der Waals surface area contributed by atoms with Gasteiger partial charge in [0, 0.05) is 37.2 Å². The zero-order valence-electron chi connectivity index (χ0n) is 35.8. The topological polar surface area (TPSA) is 259 Å². The molecule has 338 valence electrons. The van der Waals surface area contributed by atoms with E-state index in [4.69, 9.17) is 15.5 Å². The number of unbranched alkanes of at least 4 members (excludes halogenated alkanes) is 4. The number of hydrogen-bond acceptors (Lipinski definition) is 11. The molecule has 4 bridgehead atoms. The average Bonchev–Trinajstić information content (AvgIpc) is 3.28. The largest absolute Gasteiger partial charge is 0.480 e. The summed E-state index contributed by atoms with van der Waals surface area (Å²) in [5.41, 5.74) is 9.05. The number of amides is 6. The maximum atomic E-state index is 14.4. The van der Waals surface area contributed by atoms with Crippen molar-refractivity contribution < 1.29 is 53.5 Å². The van der Waals surface area contributed by atoms with Crippen LogP contribution in [-0.4, -0.2) is 120 Å². The number of rotatable bonds is 19. The summed E-state index contributed by atoms with van der Waals surface area (Å²) in [6, 6.07) is 11.5. The van der Waals surface area contributed by atoms with E-state index in [1.165, 1.54) is 14.1 Å². The van der Waals surface area contributed by atoms with Crippen LogP contribution in [0.2, 0.25) is 0 Å². The van der Waals surface area contributed by atoms with Gasteiger partial charge in [0.15, 0.2) is 11.5 Å². The number of carbonyl (C=O) groups excluding carboxylic acids is 6. The molecule has 0 aromatic heterocycles. The normalized spacial score (nSPS) is 16.5. The monoisotopic (exact) mass is 871 g/mol. The van der Waals surface area contributed by atoms with Crippen LogP contribution in [0, 0.1) is 0 Å². The van der Waals surface area contributed by atoms with E-state index in [2.05, 4.69) is 28.2 Å². The summed E-state index contributed by atoms with van der Waals surface area (Å²) in [6.07, 6.45) is 6.28. The molecule has 18 heteroatoms. The third-order valence-electron chi connectivity index (χ3n) is 11.1. The summed E-state index contributed by atoms with van der Waals surface area (Å²) in [5.74, 6) is -4.98. The highest BCUT2D eigenvalue weighted by Crippen LogP contribution is 2.43. The first-order chi connectivity index (χ1) is 30.3. The van der Waals surface area contributed by atoms with Gasteiger partial charge in [-0.05, 0) is 91.7 Å². The molecule has 2 heterocycles. The Kier molecular flexibility index (Phi) is 17.0. The third-order valence-corrected chi connectivity index (χ3v) is 11.1. The van der Waals surface area contributed by atoms with E-state index in [-0.39, 0.29) is 12.8 Å². The molecule has 3 aromatic carbocycles. The minimum Gasteiger partial charge on any atom is -0.480 e. The quantitative estimate of drug-likeness (QED) is 0.0672. The van der Waals surface area contributed by atoms with Gasteiger partial charge in [-0.15, -0.1) is 0 Å². The number of nitrogens with zero attached hydrogens (tertiary/aromatic N) is 2. The van der Waals surface area contributed by atoms with E-state index < -0.39 is 85.3 Å². The van der Waals surface area contributed by atoms with Crippen LogP contribution < -0.4 is 36.8 Å². The molecule has 0 fully saturated rings. The van der Waals surface area contributed by atoms with E-state index in [1.807, 2.05) is 12.1 Å². The number of carboxylic acids is 1. The number of aliphatic hydroxyl groups is 1. The summed E-state index contributed by atoms with van der Waals surface area (Å²) >= 11 is 0. The fourth-order valence-corrected chi connectivity index (χ4v) is 7.52. The SMILES string of the molecule is CCCCCCc1ccc(C(=O)N(C)C(CO)C(=O)NCC(=O)NC(CCCCN)C(=O)N(C)C2C(=O)NCC(=O)NC(C(=O)O)Cc3ccc4c(c3)-c3cc2ccc3OO4)cc1. The Balaban J connectivity index is 1.31. The summed E-state index contributed by atoms with van der Waals surface area (Å²) < 4.78 is 0. The first-order valence-corrected chi connectivity index (χ1v) is 21.2. The van der Waals surface area contributed by atoms with Gasteiger partial charge in [-0.1, -0.05) is 50.5 Å². The van der Waals surface area contributed by atoms with Gasteiger partial charge in [0.2, 0.25) is 29.5 Å². The van der Waals surface area contributed by atoms with E-state index >= 15 is 0 Å². The Labute approximate surface area is 365 Å². The van der Waals surface area contributed by atoms with Gasteiger partial charge in [0.1, 0.15) is 24.2 Å². The van der Waals surface area contributed by atoms with Gasteiger partial charge in [-0.3, -0.25) is 38.5 Å². The van der Waals surface area contributed by atoms with Crippen molar-refractivity contribution in [2.24, 2.45) is 5.73 Å². The highest BCUT2D eigenvalue weighted by atomic mass is 17.2. The molecule has 0 radical (unpaired) electrons. The predicted octanol–water partition coefficient (Wildman–Crippen LogP) is 1.77. The summed E-state index contributed by atoms with van der Waals surface area (Å²) in [7, 11) is 2.74. The molecule has 0 aliphatic carbocycles. The number of carbonyl (C=O) groups is 7. The fourth-order valence-electron chi connectivity index (χ4n) is 7.52. The van der Waals surface area contributed by atoms with Crippen LogP contribution in [0.4, 0.5) is 0 Å². The molecule has 5 rings (SSSR count). The van der Waals surface area contributed by atoms with E-state index in [1.54, 1.807) is 48.5 Å². The Bertz CT molecular complexity index is 2150. The van der Waals surface area contributed by atoms with Crippen molar-refractivity contribution in [2.45, 2.75) is 88.9 Å². The number of nitrogens with one attached hydrogen (secondary N) is 4. The minimum atomic E-state index is -1.38. The van der Waals surface area contributed by atoms with Crippen LogP contribution in [0.25, 0.3) is 11.1 Å². The second-order valence-corrected chi connectivity index (χ2v) is 15.7. The molecule has 63 heavy (non-hydrogen) atoms. The van der Waals surface area contributed by atoms with Crippen molar-refractivity contribution in [3.8, 4) is 22.6 Å². The molecule has 0 saturated heterocycles. The first-order valence-electron chi connectivity index (χ1n) is 21.2. The number of aliphatic hydroxyl groups excluding tert-OH is 1. The molecule has 2 aliphatic rings. The van der Waals surface area contributed by atoms with Gasteiger partial charge in [-0.2, -0.15) is 0 Å². The lowest BCUT2D eigenvalue weighted by atomic mass is 9.93. The lowest BCUT2D eigenvalue weighted by molar-refractivity contribution is -0.143. The van der Waals surface area contributed by atoms with E-state index in [0.29, 0.717) is 58.7 Å². The number of likely N-dealkylation sites (N-methyl/N-ethyl adjacent to an activating group) is 2. The Morgan fingerprint density at radius 2 is 1.60 bits per heavy atom. The standard InChI is InChI=1S/C45H57N7O11/c1-4-5-6-7-10-27-12-15-29(16-13-27)43(58)51(2)35(26-53)41(56)47-24-38(54)49-33(11-8-9-20-46)44(59)52(3)40-30-17-19-37-32(23-30)31-21-28(14-18-36(31)62-63-37)22-34(45(60)61)50-39(55)25-48-42(40)57/h12-19,21,23,33-35,40,53H,4-11,20,22,24-26,46H2,1-3H3,(H,47,56)(H,48,57)(H,49,54)(H,50,55)(H,60,61). The Hall–Kier alpha value is -6.53. The van der Waals surface area contributed by atoms with Gasteiger partial charge in [-0.25, -0.2) is 4.79 Å². The lowest BCUT2D eigenvalue weighted by Gasteiger charge is -2.32. The molecule has 3 aromatic rings. The molecular weight excluding hydrogens is 815 g/mol. The van der Waals surface area contributed by atoms with Gasteiger partial charge in [0.05, 0.1) is 19.7 Å². The van der Waals surface area contributed by atoms with Crippen LogP contribution in [-0.2, 0) is 41.6 Å². The second-order valence-electron chi connectivity index (χ2n) is 15.7. The molecule has 4 atom stereocenters. The van der Waals surface area contributed by atoms with Gasteiger partial charge >= 0.3 is 5.97 Å². The zero-order valence-corrected chi connectivity index (χ0v) is 35.8. The highest BCUT2D eigenvalue weighted by molar-refractivity contribution is 5.99. The number of aliphatic carboxylic acids is 1. The molecule has 4 unspecified atom stereocenters. The predicted molar refractivity (Wildman–Crippen MR) is 230 cm³/mol. The molecule has 8 N–H and O–H groups in total. The maximum absolute atomic E-state index is 14.4. The molecular formula is C45H57N7O11. The van der Waals surface area contributed by atoms with Crippen molar-refractivity contribution in [3.05, 3.63) is 82.9 Å². The van der Waals surface area contributed by atoms with Crippen LogP contribution in [0.5, 0.6) is 11.5 Å². The molecule has 18 nitrogen and oxygen atoms in total. The van der Waals surface area contributed by atoms with Crippen molar-refractivity contribution in [2.75, 3.05) is 40.3 Å². The zero-order chi connectivity index (χ0) is 45.6. The Morgan fingerprint density at radius 1 is 0.905 bits per heavy atom. The van der Waals surface area contributed by atoms with Gasteiger partial charge in [0.25, 0.3) is 5.91 Å². The van der Waals surface area contributed by atoms with Crippen LogP contribution in [0.15, 0.2) is 60.7 Å². The molecule has 6 amide bonds. The average molecular weight is 872 g/mol. The van der Waals surface area contributed by atoms with E-state index in [0.717, 1.165) is 47.5 Å².